The Morgan fingerprint density at radius 1 is 0.647 bits per heavy atom. The quantitative estimate of drug-likeness (QED) is 0.0734. The second kappa shape index (κ2) is 15.0. The predicted molar refractivity (Wildman–Crippen MR) is 211 cm³/mol. The standard InChI is InChI=1S/C44H46N2O3SSi/c1-5-6-7-16-29-45-37-27-17-19-31(30-46-42(47)34-24-14-15-25-35(34)43(46)48)39(37)50-40-36(26-18-28-38(40)45)41(44(2,3)4)49-51(32-20-10-8-11-21-32)33-22-12-9-13-23-33/h8-15,17-28,41,51H,5-7,16,29-30H2,1-4H3. The van der Waals surface area contributed by atoms with Crippen LogP contribution in [-0.4, -0.2) is 32.3 Å². The van der Waals surface area contributed by atoms with Gasteiger partial charge in [-0.15, -0.1) is 0 Å². The number of carbonyl (C=O) groups excluding carboxylic acids is 2. The van der Waals surface area contributed by atoms with E-state index >= 15 is 0 Å². The Balaban J connectivity index is 1.31. The van der Waals surface area contributed by atoms with E-state index in [1.165, 1.54) is 44.3 Å². The monoisotopic (exact) mass is 710 g/mol. The SMILES string of the molecule is CCCCCCN1c2cccc(CN3C(=O)c4ccccc4C3=O)c2Sc2c(C(O[SiH](c3ccccc3)c3ccccc3)C(C)(C)C)cccc21. The maximum Gasteiger partial charge on any atom is 0.261 e. The summed E-state index contributed by atoms with van der Waals surface area (Å²) in [7, 11) is -2.11. The highest BCUT2D eigenvalue weighted by Gasteiger charge is 2.39. The van der Waals surface area contributed by atoms with E-state index in [1.807, 2.05) is 12.1 Å². The van der Waals surface area contributed by atoms with Crippen LogP contribution in [-0.2, 0) is 11.0 Å². The van der Waals surface area contributed by atoms with E-state index in [1.54, 1.807) is 23.9 Å². The Bertz CT molecular complexity index is 1950. The molecular weight excluding hydrogens is 665 g/mol. The molecule has 0 bridgehead atoms. The van der Waals surface area contributed by atoms with Gasteiger partial charge in [-0.2, -0.15) is 0 Å². The third-order valence-corrected chi connectivity index (χ3v) is 13.7. The van der Waals surface area contributed by atoms with Crippen LogP contribution in [0.15, 0.2) is 131 Å². The van der Waals surface area contributed by atoms with Gasteiger partial charge < -0.3 is 9.33 Å². The molecule has 2 amide bonds. The summed E-state index contributed by atoms with van der Waals surface area (Å²) >= 11 is 1.76. The average molecular weight is 711 g/mol. The molecule has 7 heteroatoms. The van der Waals surface area contributed by atoms with Crippen LogP contribution >= 0.6 is 11.8 Å². The van der Waals surface area contributed by atoms with E-state index in [4.69, 9.17) is 4.43 Å². The number of benzene rings is 5. The van der Waals surface area contributed by atoms with Gasteiger partial charge in [0.2, 0.25) is 9.04 Å². The van der Waals surface area contributed by atoms with E-state index < -0.39 is 9.04 Å². The van der Waals surface area contributed by atoms with Gasteiger partial charge in [0.15, 0.2) is 0 Å². The van der Waals surface area contributed by atoms with Gasteiger partial charge in [0.05, 0.1) is 35.2 Å². The number of nitrogens with zero attached hydrogens (tertiary/aromatic N) is 2. The summed E-state index contributed by atoms with van der Waals surface area (Å²) in [4.78, 5) is 33.2. The van der Waals surface area contributed by atoms with Gasteiger partial charge in [-0.05, 0) is 57.6 Å². The number of imide groups is 1. The number of rotatable bonds is 12. The summed E-state index contributed by atoms with van der Waals surface area (Å²) in [6.07, 6.45) is 4.42. The van der Waals surface area contributed by atoms with Gasteiger partial charge in [-0.1, -0.05) is 156 Å². The molecule has 1 unspecified atom stereocenters. The molecule has 0 saturated carbocycles. The van der Waals surface area contributed by atoms with Crippen LogP contribution in [0.3, 0.4) is 0 Å². The normalized spacial score (nSPS) is 14.5. The van der Waals surface area contributed by atoms with E-state index in [2.05, 4.69) is 130 Å². The van der Waals surface area contributed by atoms with Gasteiger partial charge >= 0.3 is 0 Å². The molecule has 0 saturated heterocycles. The number of unbranched alkanes of at least 4 members (excludes halogenated alkanes) is 3. The minimum Gasteiger partial charge on any atom is -0.403 e. The van der Waals surface area contributed by atoms with Crippen molar-refractivity contribution in [2.75, 3.05) is 11.4 Å². The molecule has 5 aromatic rings. The fourth-order valence-electron chi connectivity index (χ4n) is 7.31. The van der Waals surface area contributed by atoms with Crippen molar-refractivity contribution in [3.63, 3.8) is 0 Å². The van der Waals surface area contributed by atoms with E-state index in [9.17, 15) is 9.59 Å². The lowest BCUT2D eigenvalue weighted by atomic mass is 9.84. The molecule has 0 aliphatic carbocycles. The molecular formula is C44H46N2O3SSi. The molecule has 5 aromatic carbocycles. The highest BCUT2D eigenvalue weighted by molar-refractivity contribution is 7.99. The van der Waals surface area contributed by atoms with Crippen LogP contribution in [0.25, 0.3) is 0 Å². The van der Waals surface area contributed by atoms with Crippen molar-refractivity contribution in [2.24, 2.45) is 5.41 Å². The fraction of sp³-hybridized carbons (Fsp3) is 0.273. The highest BCUT2D eigenvalue weighted by atomic mass is 32.2. The molecule has 51 heavy (non-hydrogen) atoms. The van der Waals surface area contributed by atoms with Crippen molar-refractivity contribution in [1.29, 1.82) is 0 Å². The molecule has 5 nitrogen and oxygen atoms in total. The average Bonchev–Trinajstić information content (AvgIpc) is 3.38. The third-order valence-electron chi connectivity index (χ3n) is 9.87. The zero-order valence-electron chi connectivity index (χ0n) is 30.0. The number of hydrogen-bond donors (Lipinski definition) is 0. The van der Waals surface area contributed by atoms with E-state index in [-0.39, 0.29) is 29.9 Å². The van der Waals surface area contributed by atoms with Gasteiger partial charge in [0.1, 0.15) is 0 Å². The molecule has 2 aliphatic heterocycles. The number of fused-ring (bicyclic) bond motifs is 3. The van der Waals surface area contributed by atoms with Crippen LogP contribution in [0.5, 0.6) is 0 Å². The maximum absolute atomic E-state index is 13.5. The first-order valence-corrected chi connectivity index (χ1v) is 20.6. The lowest BCUT2D eigenvalue weighted by Gasteiger charge is -2.39. The summed E-state index contributed by atoms with van der Waals surface area (Å²) in [6.45, 7) is 10.2. The molecule has 1 atom stereocenters. The lowest BCUT2D eigenvalue weighted by Crippen LogP contribution is -2.47. The van der Waals surface area contributed by atoms with E-state index in [0.29, 0.717) is 11.1 Å². The molecule has 0 radical (unpaired) electrons. The van der Waals surface area contributed by atoms with Crippen LogP contribution < -0.4 is 15.3 Å². The van der Waals surface area contributed by atoms with Gasteiger partial charge in [0, 0.05) is 16.3 Å². The smallest absolute Gasteiger partial charge is 0.261 e. The minimum absolute atomic E-state index is 0.191. The lowest BCUT2D eigenvalue weighted by molar-refractivity contribution is 0.0641. The van der Waals surface area contributed by atoms with Crippen LogP contribution in [0, 0.1) is 5.41 Å². The molecule has 260 valence electrons. The Morgan fingerprint density at radius 2 is 1.22 bits per heavy atom. The molecule has 2 aliphatic rings. The van der Waals surface area contributed by atoms with Crippen molar-refractivity contribution < 1.29 is 14.0 Å². The van der Waals surface area contributed by atoms with Gasteiger partial charge in [-0.25, -0.2) is 0 Å². The van der Waals surface area contributed by atoms with Gasteiger partial charge in [-0.3, -0.25) is 14.5 Å². The second-order valence-electron chi connectivity index (χ2n) is 14.6. The summed E-state index contributed by atoms with van der Waals surface area (Å²) in [5.41, 5.74) is 5.21. The minimum atomic E-state index is -2.11. The van der Waals surface area contributed by atoms with Crippen molar-refractivity contribution in [3.8, 4) is 0 Å². The predicted octanol–water partition coefficient (Wildman–Crippen LogP) is 9.31. The number of anilines is 2. The zero-order valence-corrected chi connectivity index (χ0v) is 31.9. The van der Waals surface area contributed by atoms with E-state index in [0.717, 1.165) is 35.5 Å². The van der Waals surface area contributed by atoms with Crippen molar-refractivity contribution in [3.05, 3.63) is 144 Å². The molecule has 7 rings (SSSR count). The highest BCUT2D eigenvalue weighted by Crippen LogP contribution is 2.54. The van der Waals surface area contributed by atoms with Crippen LogP contribution in [0.1, 0.15) is 91.3 Å². The molecule has 0 spiro atoms. The third kappa shape index (κ3) is 7.07. The Morgan fingerprint density at radius 3 is 1.80 bits per heavy atom. The zero-order chi connectivity index (χ0) is 35.5. The number of amides is 2. The molecule has 0 aromatic heterocycles. The van der Waals surface area contributed by atoms with Crippen molar-refractivity contribution in [1.82, 2.24) is 4.90 Å². The largest absolute Gasteiger partial charge is 0.403 e. The summed E-state index contributed by atoms with van der Waals surface area (Å²) in [5, 5.41) is 2.50. The number of carbonyl (C=O) groups is 2. The summed E-state index contributed by atoms with van der Waals surface area (Å²) < 4.78 is 7.49. The molecule has 0 fully saturated rings. The van der Waals surface area contributed by atoms with Crippen LogP contribution in [0.2, 0.25) is 0 Å². The topological polar surface area (TPSA) is 49.9 Å². The Hall–Kier alpha value is -4.43. The fourth-order valence-corrected chi connectivity index (χ4v) is 11.3. The Labute approximate surface area is 308 Å². The first-order chi connectivity index (χ1) is 24.8. The molecule has 0 N–H and O–H groups in total. The van der Waals surface area contributed by atoms with Gasteiger partial charge in [0.25, 0.3) is 11.8 Å². The number of hydrogen-bond acceptors (Lipinski definition) is 5. The van der Waals surface area contributed by atoms with Crippen molar-refractivity contribution in [2.45, 2.75) is 75.8 Å². The maximum atomic E-state index is 13.5. The van der Waals surface area contributed by atoms with Crippen LogP contribution in [0.4, 0.5) is 11.4 Å². The Kier molecular flexibility index (Phi) is 10.3. The molecule has 2 heterocycles. The van der Waals surface area contributed by atoms with Crippen molar-refractivity contribution >= 4 is 54.4 Å². The summed E-state index contributed by atoms with van der Waals surface area (Å²) in [5.74, 6) is -0.462. The first-order valence-electron chi connectivity index (χ1n) is 18.2. The summed E-state index contributed by atoms with van der Waals surface area (Å²) in [6, 6.07) is 41.5. The first kappa shape index (κ1) is 35.0. The second-order valence-corrected chi connectivity index (χ2v) is 18.0.